The summed E-state index contributed by atoms with van der Waals surface area (Å²) in [5, 5.41) is 30.6. The van der Waals surface area contributed by atoms with Crippen molar-refractivity contribution in [2.75, 3.05) is 0 Å². The van der Waals surface area contributed by atoms with E-state index in [4.69, 9.17) is 8.85 Å². The van der Waals surface area contributed by atoms with Crippen LogP contribution in [0, 0.1) is 0 Å². The van der Waals surface area contributed by atoms with Gasteiger partial charge in [-0.1, -0.05) is 182 Å². The summed E-state index contributed by atoms with van der Waals surface area (Å²) in [4.78, 5) is 0. The number of para-hydroxylation sites is 4. The van der Waals surface area contributed by atoms with Gasteiger partial charge in [0.2, 0.25) is 0 Å². The van der Waals surface area contributed by atoms with Crippen molar-refractivity contribution in [3.63, 3.8) is 0 Å². The van der Waals surface area contributed by atoms with Crippen LogP contribution in [0.15, 0.2) is 158 Å². The van der Waals surface area contributed by atoms with E-state index in [2.05, 4.69) is 264 Å². The second kappa shape index (κ2) is 18.6. The average Bonchev–Trinajstić information content (AvgIpc) is 3.88. The van der Waals surface area contributed by atoms with Gasteiger partial charge in [-0.2, -0.15) is 0 Å². The molecule has 0 fully saturated rings. The van der Waals surface area contributed by atoms with Gasteiger partial charge in [-0.3, -0.25) is 0 Å². The van der Waals surface area contributed by atoms with Gasteiger partial charge >= 0.3 is 8.56 Å². The van der Waals surface area contributed by atoms with E-state index in [1.165, 1.54) is 0 Å². The Morgan fingerprint density at radius 3 is 0.920 bits per heavy atom. The Morgan fingerprint density at radius 2 is 0.640 bits per heavy atom. The minimum atomic E-state index is -3.27. The second-order valence-corrected chi connectivity index (χ2v) is 28.4. The Labute approximate surface area is 445 Å². The van der Waals surface area contributed by atoms with Crippen LogP contribution in [-0.4, -0.2) is 27.9 Å². The molecule has 0 saturated carbocycles. The highest BCUT2D eigenvalue weighted by Gasteiger charge is 2.41. The fourth-order valence-corrected chi connectivity index (χ4v) is 13.0. The maximum Gasteiger partial charge on any atom is 0.459 e. The van der Waals surface area contributed by atoms with E-state index in [1.54, 1.807) is 0 Å². The summed E-state index contributed by atoms with van der Waals surface area (Å²) in [7, 11) is -3.27. The lowest BCUT2D eigenvalue weighted by molar-refractivity contribution is 0.382. The van der Waals surface area contributed by atoms with Crippen molar-refractivity contribution in [3.05, 3.63) is 180 Å². The first-order valence-electron chi connectivity index (χ1n) is 26.8. The van der Waals surface area contributed by atoms with Crippen LogP contribution in [0.3, 0.4) is 0 Å². The Balaban J connectivity index is 1.17. The molecule has 0 saturated heterocycles. The molecule has 384 valence electrons. The molecule has 0 amide bonds. The Hall–Kier alpha value is -7.22. The molecule has 75 heavy (non-hydrogen) atoms. The molecule has 0 aliphatic heterocycles. The van der Waals surface area contributed by atoms with E-state index in [1.807, 2.05) is 0 Å². The van der Waals surface area contributed by atoms with Gasteiger partial charge in [0.15, 0.2) is 0 Å². The molecule has 6 nitrogen and oxygen atoms in total. The Kier molecular flexibility index (Phi) is 12.7. The molecule has 0 spiro atoms. The predicted molar refractivity (Wildman–Crippen MR) is 319 cm³/mol. The number of hydrogen-bond acceptors (Lipinski definition) is 4. The van der Waals surface area contributed by atoms with Crippen molar-refractivity contribution < 1.29 is 19.1 Å². The highest BCUT2D eigenvalue weighted by molar-refractivity contribution is 6.68. The third-order valence-electron chi connectivity index (χ3n) is 15.5. The van der Waals surface area contributed by atoms with E-state index in [9.17, 15) is 10.2 Å². The van der Waals surface area contributed by atoms with Crippen LogP contribution in [0.25, 0.3) is 77.2 Å². The minimum Gasteiger partial charge on any atom is -0.511 e. The lowest BCUT2D eigenvalue weighted by atomic mass is 9.82. The van der Waals surface area contributed by atoms with Crippen LogP contribution in [0.4, 0.5) is 0 Å². The van der Waals surface area contributed by atoms with Gasteiger partial charge in [0, 0.05) is 55.9 Å². The maximum atomic E-state index is 13.0. The number of benzene rings is 8. The number of fused-ring (bicyclic) bond motifs is 6. The summed E-state index contributed by atoms with van der Waals surface area (Å²) in [5.74, 6) is 1.68. The van der Waals surface area contributed by atoms with Gasteiger partial charge in [0.05, 0.1) is 33.4 Å². The standard InChI is InChI=1S/C68H74N2O4Si/c1-15-75(16-2,73-61-35-33-43(65(3,4)5)37-51(61)53-39-45(67(9,10)11)41-59(63(53)71)69-55-29-21-17-25-47(55)48-26-18-22-30-56(48)69)74-62-36-34-44(66(6,7)8)38-52(62)54-40-46(68(12,13)14)42-60(64(54)72)70-57-31-23-19-27-49(57)50-28-20-24-32-58(50)70/h17-42,71-72H,15-16H2,1-14H3. The molecule has 2 aromatic heterocycles. The van der Waals surface area contributed by atoms with Crippen LogP contribution in [0.1, 0.15) is 119 Å². The van der Waals surface area contributed by atoms with Crippen LogP contribution in [0.5, 0.6) is 23.0 Å². The van der Waals surface area contributed by atoms with Crippen molar-refractivity contribution in [3.8, 4) is 56.6 Å². The lowest BCUT2D eigenvalue weighted by Gasteiger charge is -2.33. The first kappa shape index (κ1) is 51.3. The molecule has 0 atom stereocenters. The van der Waals surface area contributed by atoms with Crippen LogP contribution in [0.2, 0.25) is 12.1 Å². The van der Waals surface area contributed by atoms with E-state index in [0.717, 1.165) is 77.0 Å². The third kappa shape index (κ3) is 9.17. The van der Waals surface area contributed by atoms with Crippen molar-refractivity contribution in [2.24, 2.45) is 0 Å². The van der Waals surface area contributed by atoms with Crippen molar-refractivity contribution >= 4 is 52.2 Å². The van der Waals surface area contributed by atoms with Crippen LogP contribution < -0.4 is 8.85 Å². The van der Waals surface area contributed by atoms with Crippen LogP contribution >= 0.6 is 0 Å². The first-order valence-corrected chi connectivity index (χ1v) is 29.1. The zero-order chi connectivity index (χ0) is 53.6. The topological polar surface area (TPSA) is 68.8 Å². The fraction of sp³-hybridized carbons (Fsp3) is 0.294. The van der Waals surface area contributed by atoms with Gasteiger partial charge in [0.1, 0.15) is 23.0 Å². The van der Waals surface area contributed by atoms with Gasteiger partial charge in [-0.25, -0.2) is 0 Å². The molecule has 8 aromatic carbocycles. The molecule has 2 N–H and O–H groups in total. The molecule has 0 unspecified atom stereocenters. The zero-order valence-electron chi connectivity index (χ0n) is 46.5. The van der Waals surface area contributed by atoms with E-state index < -0.39 is 8.56 Å². The van der Waals surface area contributed by atoms with Gasteiger partial charge in [0.25, 0.3) is 0 Å². The van der Waals surface area contributed by atoms with Gasteiger partial charge < -0.3 is 28.2 Å². The first-order chi connectivity index (χ1) is 35.4. The van der Waals surface area contributed by atoms with E-state index in [-0.39, 0.29) is 33.2 Å². The van der Waals surface area contributed by atoms with E-state index >= 15 is 0 Å². The van der Waals surface area contributed by atoms with Crippen molar-refractivity contribution in [2.45, 2.75) is 131 Å². The molecular weight excluding hydrogens is 937 g/mol. The minimum absolute atomic E-state index is 0.180. The summed E-state index contributed by atoms with van der Waals surface area (Å²) in [5.41, 5.74) is 12.0. The SMILES string of the molecule is CC[Si](CC)(Oc1ccc(C(C)(C)C)cc1-c1cc(C(C)(C)C)cc(-n2c3ccccc3c3ccccc32)c1O)Oc1ccc(C(C)(C)C)cc1-c1cc(C(C)(C)C)cc(-n2c3ccccc3c3ccccc32)c1O. The Bertz CT molecular complexity index is 3470. The largest absolute Gasteiger partial charge is 0.511 e. The number of phenolic OH excluding ortho intramolecular Hbond substituents is 2. The Morgan fingerprint density at radius 1 is 0.360 bits per heavy atom. The number of nitrogens with zero attached hydrogens (tertiary/aromatic N) is 2. The van der Waals surface area contributed by atoms with Gasteiger partial charge in [-0.05, 0) is 117 Å². The average molecular weight is 1010 g/mol. The summed E-state index contributed by atoms with van der Waals surface area (Å²) in [6, 6.07) is 56.6. The number of aromatic nitrogens is 2. The van der Waals surface area contributed by atoms with E-state index in [0.29, 0.717) is 46.1 Å². The third-order valence-corrected chi connectivity index (χ3v) is 18.8. The second-order valence-electron chi connectivity index (χ2n) is 24.8. The molecule has 0 aliphatic rings. The highest BCUT2D eigenvalue weighted by Crippen LogP contribution is 2.50. The molecule has 0 radical (unpaired) electrons. The fourth-order valence-electron chi connectivity index (χ4n) is 10.8. The quantitative estimate of drug-likeness (QED) is 0.134. The smallest absolute Gasteiger partial charge is 0.459 e. The summed E-state index contributed by atoms with van der Waals surface area (Å²) < 4.78 is 19.7. The maximum absolute atomic E-state index is 13.0. The van der Waals surface area contributed by atoms with Crippen molar-refractivity contribution in [1.29, 1.82) is 0 Å². The molecule has 10 aromatic rings. The highest BCUT2D eigenvalue weighted by atomic mass is 28.4. The number of phenols is 2. The molecule has 0 aliphatic carbocycles. The van der Waals surface area contributed by atoms with Gasteiger partial charge in [-0.15, -0.1) is 0 Å². The summed E-state index contributed by atoms with van der Waals surface area (Å²) in [6.45, 7) is 31.0. The normalized spacial score (nSPS) is 12.9. The predicted octanol–water partition coefficient (Wildman–Crippen LogP) is 18.8. The monoisotopic (exact) mass is 1010 g/mol. The molecular formula is C68H74N2O4Si. The van der Waals surface area contributed by atoms with Crippen LogP contribution in [-0.2, 0) is 21.7 Å². The van der Waals surface area contributed by atoms with Crippen molar-refractivity contribution in [1.82, 2.24) is 9.13 Å². The number of rotatable bonds is 10. The molecule has 2 heterocycles. The number of aromatic hydroxyl groups is 2. The molecule has 0 bridgehead atoms. The number of hydrogen-bond donors (Lipinski definition) is 2. The molecule has 7 heteroatoms. The summed E-state index contributed by atoms with van der Waals surface area (Å²) >= 11 is 0. The zero-order valence-corrected chi connectivity index (χ0v) is 47.5. The lowest BCUT2D eigenvalue weighted by Crippen LogP contribution is -2.47. The molecule has 10 rings (SSSR count). The summed E-state index contributed by atoms with van der Waals surface area (Å²) in [6.07, 6.45) is 0.